The number of benzene rings is 9. The number of hydrogen-bond acceptors (Lipinski definition) is 2. The lowest BCUT2D eigenvalue weighted by molar-refractivity contribution is 1.17. The number of aromatic nitrogens is 1. The zero-order valence-electron chi connectivity index (χ0n) is 64.3. The summed E-state index contributed by atoms with van der Waals surface area (Å²) < 4.78 is 331. The van der Waals surface area contributed by atoms with Crippen LogP contribution >= 0.6 is 11.3 Å². The molecule has 0 bridgehead atoms. The van der Waals surface area contributed by atoms with Gasteiger partial charge in [-0.05, 0) is 88.2 Å². The van der Waals surface area contributed by atoms with Crippen molar-refractivity contribution >= 4 is 70.4 Å². The largest absolute Gasteiger partial charge is 0.308 e. The summed E-state index contributed by atoms with van der Waals surface area (Å²) in [6, 6.07) is -40.4. The van der Waals surface area contributed by atoms with E-state index < -0.39 is 311 Å². The van der Waals surface area contributed by atoms with Crippen molar-refractivity contribution < 1.29 is 49.3 Å². The number of thiophene rings is 1. The molecule has 0 aliphatic carbocycles. The van der Waals surface area contributed by atoms with Crippen molar-refractivity contribution in [1.29, 1.82) is 0 Å². The highest BCUT2D eigenvalue weighted by Crippen LogP contribution is 2.48. The maximum Gasteiger partial charge on any atom is 0.0782 e. The fourth-order valence-corrected chi connectivity index (χ4v) is 7.27. The average molecular weight is 781 g/mol. The minimum atomic E-state index is -1.39. The highest BCUT2D eigenvalue weighted by molar-refractivity contribution is 7.25. The van der Waals surface area contributed by atoms with E-state index >= 15 is 0 Å². The normalized spacial score (nSPS) is 20.4. The summed E-state index contributed by atoms with van der Waals surface area (Å²) in [5.41, 5.74) is -13.2. The van der Waals surface area contributed by atoms with Gasteiger partial charge >= 0.3 is 0 Å². The lowest BCUT2D eigenvalue weighted by Gasteiger charge is -2.28. The molecule has 2 nitrogen and oxygen atoms in total. The first-order chi connectivity index (χ1) is 43.3. The Morgan fingerprint density at radius 3 is 1.70 bits per heavy atom. The van der Waals surface area contributed by atoms with Gasteiger partial charge in [-0.2, -0.15) is 0 Å². The molecule has 2 heterocycles. The molecule has 2 aromatic heterocycles. The van der Waals surface area contributed by atoms with Gasteiger partial charge in [-0.25, -0.2) is 0 Å². The van der Waals surface area contributed by atoms with Crippen LogP contribution in [0.1, 0.15) is 49.3 Å². The van der Waals surface area contributed by atoms with Crippen LogP contribution in [0.15, 0.2) is 218 Å². The van der Waals surface area contributed by atoms with Crippen molar-refractivity contribution in [2.75, 3.05) is 4.90 Å². The third-order valence-electron chi connectivity index (χ3n) is 8.62. The molecule has 11 rings (SSSR count). The number of para-hydroxylation sites is 2. The number of anilines is 3. The summed E-state index contributed by atoms with van der Waals surface area (Å²) in [5.74, 6) is 0. The van der Waals surface area contributed by atoms with E-state index in [0.29, 0.717) is 20.8 Å². The third kappa shape index (κ3) is 5.71. The minimum Gasteiger partial charge on any atom is -0.308 e. The van der Waals surface area contributed by atoms with Crippen molar-refractivity contribution in [2.24, 2.45) is 0 Å². The molecule has 57 heavy (non-hydrogen) atoms. The molecule has 0 saturated heterocycles. The quantitative estimate of drug-likeness (QED) is 0.156. The Labute approximate surface area is 386 Å². The first-order valence-corrected chi connectivity index (χ1v) is 17.3. The van der Waals surface area contributed by atoms with E-state index in [1.165, 1.54) is 0 Å². The Morgan fingerprint density at radius 2 is 0.947 bits per heavy atom. The summed E-state index contributed by atoms with van der Waals surface area (Å²) in [7, 11) is 0. The lowest BCUT2D eigenvalue weighted by Crippen LogP contribution is -2.12. The Morgan fingerprint density at radius 1 is 0.368 bits per heavy atom. The maximum atomic E-state index is 10.2. The summed E-state index contributed by atoms with van der Waals surface area (Å²) in [6.45, 7) is 0. The van der Waals surface area contributed by atoms with Gasteiger partial charge in [0.25, 0.3) is 0 Å². The van der Waals surface area contributed by atoms with Crippen LogP contribution < -0.4 is 4.90 Å². The molecule has 9 aromatic carbocycles. The van der Waals surface area contributed by atoms with Crippen molar-refractivity contribution in [3.8, 4) is 39.1 Å². The molecule has 11 aromatic rings. The van der Waals surface area contributed by atoms with Crippen LogP contribution in [0.25, 0.3) is 81.0 Å². The first-order valence-electron chi connectivity index (χ1n) is 34.5. The predicted molar refractivity (Wildman–Crippen MR) is 245 cm³/mol. The lowest BCUT2D eigenvalue weighted by atomic mass is 9.95. The third-order valence-corrected chi connectivity index (χ3v) is 9.64. The molecule has 0 amide bonds. The smallest absolute Gasteiger partial charge is 0.0782 e. The van der Waals surface area contributed by atoms with E-state index in [1.807, 2.05) is 0 Å². The fourth-order valence-electron chi connectivity index (χ4n) is 6.31. The monoisotopic (exact) mass is 780 g/mol. The van der Waals surface area contributed by atoms with E-state index in [9.17, 15) is 21.9 Å². The molecule has 0 aliphatic rings. The van der Waals surface area contributed by atoms with Gasteiger partial charge in [-0.1, -0.05) is 157 Å². The molecule has 3 heteroatoms. The molecule has 0 atom stereocenters. The molecule has 0 aliphatic heterocycles. The van der Waals surface area contributed by atoms with Crippen molar-refractivity contribution in [2.45, 2.75) is 0 Å². The van der Waals surface area contributed by atoms with E-state index in [4.69, 9.17) is 27.4 Å². The predicted octanol–water partition coefficient (Wildman–Crippen LogP) is 15.6. The molecular formula is C54H36N2S. The van der Waals surface area contributed by atoms with E-state index in [2.05, 4.69) is 0 Å². The van der Waals surface area contributed by atoms with Crippen LogP contribution in [0.5, 0.6) is 0 Å². The molecule has 0 spiro atoms. The zero-order chi connectivity index (χ0) is 69.0. The second-order valence-corrected chi connectivity index (χ2v) is 12.8. The molecule has 0 fully saturated rings. The van der Waals surface area contributed by atoms with Gasteiger partial charge in [-0.15, -0.1) is 11.3 Å². The fraction of sp³-hybridized carbons (Fsp3) is 0. The van der Waals surface area contributed by atoms with Gasteiger partial charge < -0.3 is 9.47 Å². The van der Waals surface area contributed by atoms with Crippen LogP contribution in [-0.2, 0) is 0 Å². The molecule has 0 saturated carbocycles. The first kappa shape index (κ1) is 12.9. The second kappa shape index (κ2) is 13.8. The summed E-state index contributed by atoms with van der Waals surface area (Å²) in [6.07, 6.45) is 0. The Hall–Kier alpha value is -7.20. The highest BCUT2D eigenvalue weighted by Gasteiger charge is 2.25. The van der Waals surface area contributed by atoms with Crippen LogP contribution in [0.2, 0.25) is 0 Å². The van der Waals surface area contributed by atoms with Gasteiger partial charge in [0, 0.05) is 53.6 Å². The van der Waals surface area contributed by atoms with Gasteiger partial charge in [0.1, 0.15) is 0 Å². The average Bonchev–Trinajstić information content (AvgIpc) is 1.57. The van der Waals surface area contributed by atoms with Gasteiger partial charge in [0.15, 0.2) is 0 Å². The maximum absolute atomic E-state index is 10.2. The standard InChI is InChI=1S/C54H36N2S/c1-5-17-37(18-6-1)40-23-15-26-43(33-40)55(44-31-32-46-45-27-13-14-30-51(45)57-52(46)36-44)50-29-16-28-47-49-35-41(38-19-7-2-8-20-38)34-48(39-21-9-3-10-22-39)53(49)56(54(47)50)42-24-11-4-12-25-42/h1-36H/i1D,2D,3D,4D,5D,6D,7D,8D,9D,10D,11D,12D,13D,14D,15D,16D,17D,18D,19D,20D,21D,22D,23D,24D,25D,26D,27D,28D,29D,30D,31D,32D,33D,34D,35D,36D. The summed E-state index contributed by atoms with van der Waals surface area (Å²) in [5, 5.41) is -2.87. The SMILES string of the molecule is [2H]c1c([2H])c([2H])c(-c2c([2H])c([2H])c([2H])c(N(c3c([2H])c([2H])c4c(sc5c([2H])c([2H])c([2H])c([2H])c54)c3[2H])c3c([2H])c([2H])c([2H])c4c5c([2H])c(-c6c([2H])c([2H])c([2H])c([2H])c6[2H])c([2H])c(-c6c([2H])c([2H])c([2H])c([2H])c6[2H])c5n(-c5c([2H])c([2H])c([2H])c([2H])c5[2H])c34)c2[2H])c([2H])c1[2H]. The molecule has 0 N–H and O–H groups in total. The Kier molecular flexibility index (Phi) is 3.13. The van der Waals surface area contributed by atoms with Gasteiger partial charge in [0.2, 0.25) is 0 Å². The topological polar surface area (TPSA) is 8.17 Å². The molecule has 0 unspecified atom stereocenters. The van der Waals surface area contributed by atoms with Crippen LogP contribution in [0, 0.1) is 0 Å². The van der Waals surface area contributed by atoms with Gasteiger partial charge in [-0.3, -0.25) is 0 Å². The van der Waals surface area contributed by atoms with Crippen molar-refractivity contribution in [3.05, 3.63) is 218 Å². The van der Waals surface area contributed by atoms with E-state index in [0.717, 1.165) is 0 Å². The van der Waals surface area contributed by atoms with Crippen molar-refractivity contribution in [1.82, 2.24) is 4.57 Å². The molecule has 0 radical (unpaired) electrons. The van der Waals surface area contributed by atoms with Crippen molar-refractivity contribution in [3.63, 3.8) is 0 Å². The summed E-state index contributed by atoms with van der Waals surface area (Å²) in [4.78, 5) is 0.362. The zero-order valence-corrected chi connectivity index (χ0v) is 29.1. The van der Waals surface area contributed by atoms with Crippen LogP contribution in [0.4, 0.5) is 17.1 Å². The van der Waals surface area contributed by atoms with Crippen LogP contribution in [-0.4, -0.2) is 4.57 Å². The Balaban J connectivity index is 1.55. The van der Waals surface area contributed by atoms with Crippen LogP contribution in [0.3, 0.4) is 0 Å². The number of hydrogen-bond donors (Lipinski definition) is 0. The van der Waals surface area contributed by atoms with E-state index in [1.54, 1.807) is 0 Å². The second-order valence-electron chi connectivity index (χ2n) is 11.8. The van der Waals surface area contributed by atoms with Gasteiger partial charge in [0.05, 0.1) is 66.1 Å². The Bertz CT molecular complexity index is 5240. The summed E-state index contributed by atoms with van der Waals surface area (Å²) >= 11 is 0.438. The number of nitrogens with zero attached hydrogens (tertiary/aromatic N) is 2. The molecular weight excluding hydrogens is 709 g/mol. The number of fused-ring (bicyclic) bond motifs is 6. The molecule has 268 valence electrons. The number of rotatable bonds is 7. The minimum absolute atomic E-state index is 0.305. The highest BCUT2D eigenvalue weighted by atomic mass is 32.1. The van der Waals surface area contributed by atoms with E-state index in [-0.39, 0.29) is 4.70 Å².